The maximum absolute atomic E-state index is 13.5. The van der Waals surface area contributed by atoms with Crippen LogP contribution < -0.4 is 14.8 Å². The van der Waals surface area contributed by atoms with Gasteiger partial charge in [0.25, 0.3) is 5.91 Å². The standard InChI is InChI=1S/C24H30N2O4/c1-15(2)22(25-23(27)17-9-7-6-8-10-17)24(28)26-12-11-18-13-20(29-4)21(30-5)14-19(18)16(26)3/h6-10,13-16,22H,11-12H2,1-5H3,(H,25,27)/t16-,22+/m1/s1. The number of methoxy groups -OCH3 is 2. The third-order valence-electron chi connectivity index (χ3n) is 5.72. The normalized spacial score (nSPS) is 16.6. The van der Waals surface area contributed by atoms with Gasteiger partial charge in [-0.15, -0.1) is 0 Å². The van der Waals surface area contributed by atoms with Crippen molar-refractivity contribution in [3.05, 3.63) is 59.2 Å². The van der Waals surface area contributed by atoms with Crippen LogP contribution >= 0.6 is 0 Å². The smallest absolute Gasteiger partial charge is 0.251 e. The van der Waals surface area contributed by atoms with Gasteiger partial charge in [0, 0.05) is 12.1 Å². The number of ether oxygens (including phenoxy) is 2. The molecule has 6 heteroatoms. The van der Waals surface area contributed by atoms with Crippen LogP contribution in [0.5, 0.6) is 11.5 Å². The number of amides is 2. The Labute approximate surface area is 178 Å². The van der Waals surface area contributed by atoms with Gasteiger partial charge < -0.3 is 19.7 Å². The highest BCUT2D eigenvalue weighted by atomic mass is 16.5. The van der Waals surface area contributed by atoms with Crippen molar-refractivity contribution < 1.29 is 19.1 Å². The second-order valence-electron chi connectivity index (χ2n) is 7.92. The van der Waals surface area contributed by atoms with Crippen molar-refractivity contribution in [2.75, 3.05) is 20.8 Å². The van der Waals surface area contributed by atoms with Crippen molar-refractivity contribution in [2.45, 2.75) is 39.3 Å². The highest BCUT2D eigenvalue weighted by molar-refractivity contribution is 5.97. The van der Waals surface area contributed by atoms with E-state index in [0.717, 1.165) is 17.5 Å². The zero-order chi connectivity index (χ0) is 21.8. The first-order chi connectivity index (χ1) is 14.4. The molecule has 0 fully saturated rings. The minimum Gasteiger partial charge on any atom is -0.493 e. The van der Waals surface area contributed by atoms with Gasteiger partial charge in [-0.05, 0) is 54.7 Å². The summed E-state index contributed by atoms with van der Waals surface area (Å²) in [5.74, 6) is 0.999. The molecule has 0 unspecified atom stereocenters. The number of hydrogen-bond donors (Lipinski definition) is 1. The molecule has 0 saturated heterocycles. The van der Waals surface area contributed by atoms with Gasteiger partial charge in [0.15, 0.2) is 11.5 Å². The first-order valence-corrected chi connectivity index (χ1v) is 10.3. The van der Waals surface area contributed by atoms with Crippen LogP contribution in [0.25, 0.3) is 0 Å². The van der Waals surface area contributed by atoms with Crippen LogP contribution in [0.4, 0.5) is 0 Å². The van der Waals surface area contributed by atoms with E-state index in [1.165, 1.54) is 0 Å². The van der Waals surface area contributed by atoms with Crippen molar-refractivity contribution in [1.82, 2.24) is 10.2 Å². The number of carbonyl (C=O) groups is 2. The van der Waals surface area contributed by atoms with Crippen molar-refractivity contribution in [3.63, 3.8) is 0 Å². The van der Waals surface area contributed by atoms with Crippen LogP contribution in [0.3, 0.4) is 0 Å². The van der Waals surface area contributed by atoms with Crippen LogP contribution in [0.1, 0.15) is 48.3 Å². The number of rotatable bonds is 6. The van der Waals surface area contributed by atoms with Crippen LogP contribution in [-0.2, 0) is 11.2 Å². The molecular weight excluding hydrogens is 380 g/mol. The van der Waals surface area contributed by atoms with Gasteiger partial charge in [-0.1, -0.05) is 32.0 Å². The molecule has 0 radical (unpaired) electrons. The van der Waals surface area contributed by atoms with E-state index in [-0.39, 0.29) is 23.8 Å². The Morgan fingerprint density at radius 2 is 1.70 bits per heavy atom. The first kappa shape index (κ1) is 21.7. The van der Waals surface area contributed by atoms with Crippen LogP contribution in [0.15, 0.2) is 42.5 Å². The van der Waals surface area contributed by atoms with Crippen molar-refractivity contribution in [3.8, 4) is 11.5 Å². The maximum Gasteiger partial charge on any atom is 0.251 e. The molecule has 2 aromatic carbocycles. The van der Waals surface area contributed by atoms with Crippen LogP contribution in [0, 0.1) is 5.92 Å². The molecule has 2 amide bonds. The Morgan fingerprint density at radius 3 is 2.30 bits per heavy atom. The number of nitrogens with one attached hydrogen (secondary N) is 1. The second kappa shape index (κ2) is 9.20. The molecule has 0 bridgehead atoms. The molecule has 1 heterocycles. The summed E-state index contributed by atoms with van der Waals surface area (Å²) in [5.41, 5.74) is 2.74. The summed E-state index contributed by atoms with van der Waals surface area (Å²) in [6.45, 7) is 6.50. The van der Waals surface area contributed by atoms with Gasteiger partial charge in [-0.25, -0.2) is 0 Å². The summed E-state index contributed by atoms with van der Waals surface area (Å²) in [6.07, 6.45) is 0.725. The maximum atomic E-state index is 13.5. The topological polar surface area (TPSA) is 67.9 Å². The molecule has 0 spiro atoms. The average Bonchev–Trinajstić information content (AvgIpc) is 2.76. The Bertz CT molecular complexity index is 911. The summed E-state index contributed by atoms with van der Waals surface area (Å²) in [6, 6.07) is 12.2. The number of nitrogens with zero attached hydrogens (tertiary/aromatic N) is 1. The summed E-state index contributed by atoms with van der Waals surface area (Å²) in [4.78, 5) is 28.0. The van der Waals surface area contributed by atoms with Gasteiger partial charge in [0.05, 0.1) is 20.3 Å². The van der Waals surface area contributed by atoms with E-state index in [9.17, 15) is 9.59 Å². The summed E-state index contributed by atoms with van der Waals surface area (Å²) in [7, 11) is 3.23. The van der Waals surface area contributed by atoms with E-state index in [2.05, 4.69) is 5.32 Å². The van der Waals surface area contributed by atoms with Crippen molar-refractivity contribution in [1.29, 1.82) is 0 Å². The quantitative estimate of drug-likeness (QED) is 0.790. The lowest BCUT2D eigenvalue weighted by Gasteiger charge is -2.38. The van der Waals surface area contributed by atoms with Crippen molar-refractivity contribution in [2.24, 2.45) is 5.92 Å². The van der Waals surface area contributed by atoms with Crippen LogP contribution in [-0.4, -0.2) is 43.5 Å². The number of benzene rings is 2. The Balaban J connectivity index is 1.83. The molecule has 1 aliphatic heterocycles. The Kier molecular flexibility index (Phi) is 6.65. The molecule has 1 aliphatic rings. The molecular formula is C24H30N2O4. The van der Waals surface area contributed by atoms with E-state index in [0.29, 0.717) is 23.6 Å². The predicted molar refractivity (Wildman–Crippen MR) is 116 cm³/mol. The van der Waals surface area contributed by atoms with E-state index in [1.54, 1.807) is 26.4 Å². The fourth-order valence-corrected chi connectivity index (χ4v) is 3.95. The second-order valence-corrected chi connectivity index (χ2v) is 7.92. The highest BCUT2D eigenvalue weighted by Gasteiger charge is 2.35. The summed E-state index contributed by atoms with van der Waals surface area (Å²) >= 11 is 0. The third-order valence-corrected chi connectivity index (χ3v) is 5.72. The highest BCUT2D eigenvalue weighted by Crippen LogP contribution is 2.38. The zero-order valence-corrected chi connectivity index (χ0v) is 18.3. The van der Waals surface area contributed by atoms with Gasteiger partial charge >= 0.3 is 0 Å². The Hall–Kier alpha value is -3.02. The predicted octanol–water partition coefficient (Wildman–Crippen LogP) is 3.60. The van der Waals surface area contributed by atoms with Crippen molar-refractivity contribution >= 4 is 11.8 Å². The molecule has 160 valence electrons. The monoisotopic (exact) mass is 410 g/mol. The SMILES string of the molecule is COc1cc2c(cc1OC)[C@@H](C)N(C(=O)[C@@H](NC(=O)c1ccccc1)C(C)C)CC2. The molecule has 3 rings (SSSR count). The van der Waals surface area contributed by atoms with Crippen LogP contribution in [0.2, 0.25) is 0 Å². The average molecular weight is 411 g/mol. The molecule has 1 N–H and O–H groups in total. The van der Waals surface area contributed by atoms with Gasteiger partial charge in [0.1, 0.15) is 6.04 Å². The minimum absolute atomic E-state index is 0.0378. The van der Waals surface area contributed by atoms with E-state index < -0.39 is 6.04 Å². The number of carbonyl (C=O) groups excluding carboxylic acids is 2. The fourth-order valence-electron chi connectivity index (χ4n) is 3.95. The first-order valence-electron chi connectivity index (χ1n) is 10.3. The fraction of sp³-hybridized carbons (Fsp3) is 0.417. The lowest BCUT2D eigenvalue weighted by molar-refractivity contribution is -0.137. The van der Waals surface area contributed by atoms with Gasteiger partial charge in [0.2, 0.25) is 5.91 Å². The number of fused-ring (bicyclic) bond motifs is 1. The lowest BCUT2D eigenvalue weighted by Crippen LogP contribution is -2.53. The lowest BCUT2D eigenvalue weighted by atomic mass is 9.91. The molecule has 30 heavy (non-hydrogen) atoms. The van der Waals surface area contributed by atoms with E-state index in [4.69, 9.17) is 9.47 Å². The molecule has 2 atom stereocenters. The Morgan fingerprint density at radius 1 is 1.07 bits per heavy atom. The van der Waals surface area contributed by atoms with E-state index in [1.807, 2.05) is 56.0 Å². The molecule has 2 aromatic rings. The molecule has 0 saturated carbocycles. The summed E-state index contributed by atoms with van der Waals surface area (Å²) in [5, 5.41) is 2.94. The van der Waals surface area contributed by atoms with Gasteiger partial charge in [-0.2, -0.15) is 0 Å². The largest absolute Gasteiger partial charge is 0.493 e. The molecule has 0 aromatic heterocycles. The molecule has 0 aliphatic carbocycles. The minimum atomic E-state index is -0.596. The zero-order valence-electron chi connectivity index (χ0n) is 18.3. The summed E-state index contributed by atoms with van der Waals surface area (Å²) < 4.78 is 10.9. The molecule has 6 nitrogen and oxygen atoms in total. The third kappa shape index (κ3) is 4.27. The van der Waals surface area contributed by atoms with E-state index >= 15 is 0 Å². The van der Waals surface area contributed by atoms with Gasteiger partial charge in [-0.3, -0.25) is 9.59 Å². The number of hydrogen-bond acceptors (Lipinski definition) is 4.